The Morgan fingerprint density at radius 2 is 2.15 bits per heavy atom. The van der Waals surface area contributed by atoms with E-state index in [1.54, 1.807) is 0 Å². The summed E-state index contributed by atoms with van der Waals surface area (Å²) < 4.78 is 12.1. The highest BCUT2D eigenvalue weighted by atomic mass is 19.1. The third-order valence-corrected chi connectivity index (χ3v) is 0.980. The molecule has 0 saturated heterocycles. The number of primary amides is 1. The number of pyridine rings is 1. The molecule has 0 spiro atoms. The van der Waals surface area contributed by atoms with Gasteiger partial charge in [-0.15, -0.1) is 0 Å². The highest BCUT2D eigenvalue weighted by Crippen LogP contribution is 1.95. The molecular formula is C7H7FN2O3. The molecule has 5 nitrogen and oxygen atoms in total. The first kappa shape index (κ1) is 11.0. The van der Waals surface area contributed by atoms with Gasteiger partial charge in [-0.05, 0) is 12.1 Å². The van der Waals surface area contributed by atoms with Crippen molar-refractivity contribution in [3.63, 3.8) is 0 Å². The number of aromatic nitrogens is 1. The summed E-state index contributed by atoms with van der Waals surface area (Å²) in [5, 5.41) is 6.89. The molecule has 0 aromatic carbocycles. The maximum atomic E-state index is 12.1. The zero-order valence-electron chi connectivity index (χ0n) is 6.48. The van der Waals surface area contributed by atoms with Crippen molar-refractivity contribution in [1.29, 1.82) is 0 Å². The second kappa shape index (κ2) is 5.64. The van der Waals surface area contributed by atoms with E-state index in [2.05, 4.69) is 4.98 Å². The van der Waals surface area contributed by atoms with Crippen molar-refractivity contribution in [2.24, 2.45) is 5.73 Å². The van der Waals surface area contributed by atoms with Crippen LogP contribution in [0, 0.1) is 5.82 Å². The molecule has 0 aliphatic heterocycles. The summed E-state index contributed by atoms with van der Waals surface area (Å²) in [6, 6.07) is 2.37. The molecule has 1 rings (SSSR count). The Kier molecular flexibility index (Phi) is 4.78. The van der Waals surface area contributed by atoms with Gasteiger partial charge in [-0.25, -0.2) is 9.37 Å². The number of halogens is 1. The number of amides is 1. The van der Waals surface area contributed by atoms with Crippen molar-refractivity contribution in [2.75, 3.05) is 0 Å². The molecule has 1 heterocycles. The minimum atomic E-state index is -0.653. The van der Waals surface area contributed by atoms with E-state index in [-0.39, 0.29) is 12.2 Å². The number of carbonyl (C=O) groups excluding carboxylic acids is 1. The molecule has 3 N–H and O–H groups in total. The average Bonchev–Trinajstić information content (AvgIpc) is 2.06. The van der Waals surface area contributed by atoms with Crippen LogP contribution < -0.4 is 5.73 Å². The van der Waals surface area contributed by atoms with Gasteiger partial charge >= 0.3 is 0 Å². The van der Waals surface area contributed by atoms with Crippen molar-refractivity contribution >= 4 is 12.4 Å². The van der Waals surface area contributed by atoms with Crippen molar-refractivity contribution in [3.05, 3.63) is 29.8 Å². The molecule has 1 aromatic rings. The molecular weight excluding hydrogens is 179 g/mol. The van der Waals surface area contributed by atoms with Crippen LogP contribution in [0.4, 0.5) is 4.39 Å². The lowest BCUT2D eigenvalue weighted by atomic mass is 10.3. The summed E-state index contributed by atoms with van der Waals surface area (Å²) in [4.78, 5) is 22.1. The summed E-state index contributed by atoms with van der Waals surface area (Å²) in [5.41, 5.74) is 4.91. The SMILES string of the molecule is NC(=O)c1ccc(F)cn1.O=CO. The normalized spacial score (nSPS) is 8.08. The molecule has 0 bridgehead atoms. The highest BCUT2D eigenvalue weighted by Gasteiger charge is 1.99. The molecule has 13 heavy (non-hydrogen) atoms. The van der Waals surface area contributed by atoms with Crippen LogP contribution in [0.5, 0.6) is 0 Å². The first-order valence-corrected chi connectivity index (χ1v) is 3.11. The van der Waals surface area contributed by atoms with Gasteiger partial charge in [0, 0.05) is 0 Å². The van der Waals surface area contributed by atoms with Gasteiger partial charge in [0.05, 0.1) is 6.20 Å². The van der Waals surface area contributed by atoms with E-state index in [0.29, 0.717) is 0 Å². The van der Waals surface area contributed by atoms with Crippen molar-refractivity contribution in [2.45, 2.75) is 0 Å². The molecule has 1 aromatic heterocycles. The predicted molar refractivity (Wildman–Crippen MR) is 41.4 cm³/mol. The Labute approximate surface area is 73.0 Å². The second-order valence-electron chi connectivity index (χ2n) is 1.83. The number of nitrogens with two attached hydrogens (primary N) is 1. The largest absolute Gasteiger partial charge is 0.483 e. The maximum absolute atomic E-state index is 12.1. The van der Waals surface area contributed by atoms with Gasteiger partial charge < -0.3 is 10.8 Å². The molecule has 1 amide bonds. The van der Waals surface area contributed by atoms with Gasteiger partial charge in [-0.1, -0.05) is 0 Å². The zero-order valence-corrected chi connectivity index (χ0v) is 6.48. The Balaban J connectivity index is 0.000000424. The monoisotopic (exact) mass is 186 g/mol. The summed E-state index contributed by atoms with van der Waals surface area (Å²) in [7, 11) is 0. The van der Waals surface area contributed by atoms with Crippen LogP contribution in [0.2, 0.25) is 0 Å². The summed E-state index contributed by atoms with van der Waals surface area (Å²) in [5.74, 6) is -1.13. The smallest absolute Gasteiger partial charge is 0.290 e. The summed E-state index contributed by atoms with van der Waals surface area (Å²) in [6.07, 6.45) is 0.945. The lowest BCUT2D eigenvalue weighted by molar-refractivity contribution is -0.122. The van der Waals surface area contributed by atoms with Gasteiger partial charge in [0.2, 0.25) is 0 Å². The Hall–Kier alpha value is -1.98. The zero-order chi connectivity index (χ0) is 10.3. The fourth-order valence-electron chi connectivity index (χ4n) is 0.522. The Bertz CT molecular complexity index is 286. The molecule has 0 atom stereocenters. The topological polar surface area (TPSA) is 93.3 Å². The van der Waals surface area contributed by atoms with E-state index in [0.717, 1.165) is 12.3 Å². The third kappa shape index (κ3) is 4.46. The van der Waals surface area contributed by atoms with Crippen LogP contribution in [0.1, 0.15) is 10.5 Å². The lowest BCUT2D eigenvalue weighted by Gasteiger charge is -1.90. The number of hydrogen-bond donors (Lipinski definition) is 2. The number of carbonyl (C=O) groups is 2. The molecule has 0 unspecified atom stereocenters. The molecule has 6 heteroatoms. The van der Waals surface area contributed by atoms with E-state index in [1.807, 2.05) is 0 Å². The van der Waals surface area contributed by atoms with Crippen molar-refractivity contribution < 1.29 is 19.1 Å². The van der Waals surface area contributed by atoms with E-state index < -0.39 is 11.7 Å². The van der Waals surface area contributed by atoms with Gasteiger partial charge in [0.25, 0.3) is 12.4 Å². The van der Waals surface area contributed by atoms with Crippen LogP contribution in [-0.2, 0) is 4.79 Å². The van der Waals surface area contributed by atoms with Crippen LogP contribution in [0.15, 0.2) is 18.3 Å². The third-order valence-electron chi connectivity index (χ3n) is 0.980. The Morgan fingerprint density at radius 3 is 2.46 bits per heavy atom. The Morgan fingerprint density at radius 1 is 1.62 bits per heavy atom. The summed E-state index contributed by atoms with van der Waals surface area (Å²) in [6.45, 7) is -0.250. The molecule has 0 aliphatic rings. The lowest BCUT2D eigenvalue weighted by Crippen LogP contribution is -2.12. The van der Waals surface area contributed by atoms with Crippen molar-refractivity contribution in [1.82, 2.24) is 4.98 Å². The first-order chi connectivity index (χ1) is 6.11. The molecule has 0 saturated carbocycles. The fourth-order valence-corrected chi connectivity index (χ4v) is 0.522. The van der Waals surface area contributed by atoms with Crippen LogP contribution in [0.25, 0.3) is 0 Å². The van der Waals surface area contributed by atoms with Crippen molar-refractivity contribution in [3.8, 4) is 0 Å². The van der Waals surface area contributed by atoms with E-state index >= 15 is 0 Å². The van der Waals surface area contributed by atoms with Gasteiger partial charge in [0.1, 0.15) is 11.5 Å². The predicted octanol–water partition coefficient (Wildman–Crippen LogP) is 0.0204. The van der Waals surface area contributed by atoms with Crippen LogP contribution in [0.3, 0.4) is 0 Å². The molecule has 0 aliphatic carbocycles. The molecule has 70 valence electrons. The maximum Gasteiger partial charge on any atom is 0.290 e. The van der Waals surface area contributed by atoms with Gasteiger partial charge in [0.15, 0.2) is 0 Å². The minimum absolute atomic E-state index is 0.0707. The van der Waals surface area contributed by atoms with Gasteiger partial charge in [-0.3, -0.25) is 9.59 Å². The molecule has 0 radical (unpaired) electrons. The summed E-state index contributed by atoms with van der Waals surface area (Å²) >= 11 is 0. The molecule has 0 fully saturated rings. The van der Waals surface area contributed by atoms with E-state index in [1.165, 1.54) is 6.07 Å². The van der Waals surface area contributed by atoms with Crippen LogP contribution in [-0.4, -0.2) is 22.5 Å². The number of rotatable bonds is 1. The number of nitrogens with zero attached hydrogens (tertiary/aromatic N) is 1. The fraction of sp³-hybridized carbons (Fsp3) is 0. The quantitative estimate of drug-likeness (QED) is 0.604. The minimum Gasteiger partial charge on any atom is -0.483 e. The second-order valence-corrected chi connectivity index (χ2v) is 1.83. The first-order valence-electron chi connectivity index (χ1n) is 3.11. The highest BCUT2D eigenvalue weighted by molar-refractivity contribution is 5.90. The van der Waals surface area contributed by atoms with Crippen LogP contribution >= 0.6 is 0 Å². The number of hydrogen-bond acceptors (Lipinski definition) is 3. The van der Waals surface area contributed by atoms with Gasteiger partial charge in [-0.2, -0.15) is 0 Å². The van der Waals surface area contributed by atoms with E-state index in [4.69, 9.17) is 15.6 Å². The number of carboxylic acid groups (broad SMARTS) is 1. The average molecular weight is 186 g/mol. The van der Waals surface area contributed by atoms with E-state index in [9.17, 15) is 9.18 Å². The standard InChI is InChI=1S/C6H5FN2O.CH2O2/c7-4-1-2-5(6(8)10)9-3-4;2-1-3/h1-3H,(H2,8,10);1H,(H,2,3).